The predicted octanol–water partition coefficient (Wildman–Crippen LogP) is 5.76. The molecular weight excluding hydrogens is 578 g/mol. The highest BCUT2D eigenvalue weighted by Gasteiger charge is 2.51. The fourth-order valence-electron chi connectivity index (χ4n) is 6.26. The largest absolute Gasteiger partial charge is 0.462 e. The first-order valence-corrected chi connectivity index (χ1v) is 14.8. The summed E-state index contributed by atoms with van der Waals surface area (Å²) in [4.78, 5) is 27.9. The number of halogens is 2. The van der Waals surface area contributed by atoms with Crippen LogP contribution in [0.15, 0.2) is 12.4 Å². The quantitative estimate of drug-likeness (QED) is 0.302. The number of rotatable bonds is 5. The topological polar surface area (TPSA) is 122 Å². The van der Waals surface area contributed by atoms with E-state index in [1.165, 1.54) is 12.6 Å². The summed E-state index contributed by atoms with van der Waals surface area (Å²) in [5.74, 6) is -0.0897. The predicted molar refractivity (Wildman–Crippen MR) is 155 cm³/mol. The summed E-state index contributed by atoms with van der Waals surface area (Å²) in [6, 6.07) is 2.37. The molecule has 13 heteroatoms. The zero-order valence-corrected chi connectivity index (χ0v) is 24.8. The zero-order valence-electron chi connectivity index (χ0n) is 24.0. The van der Waals surface area contributed by atoms with Crippen LogP contribution in [0.4, 0.5) is 18.6 Å². The number of nitriles is 1. The number of ether oxygens (including phenoxy) is 3. The highest BCUT2D eigenvalue weighted by molar-refractivity contribution is 7.23. The third-order valence-corrected chi connectivity index (χ3v) is 9.37. The molecule has 2 fully saturated rings. The lowest BCUT2D eigenvalue weighted by Crippen LogP contribution is -2.34. The second-order valence-electron chi connectivity index (χ2n) is 12.2. The molecule has 1 amide bonds. The summed E-state index contributed by atoms with van der Waals surface area (Å²) in [6.45, 7) is 6.83. The van der Waals surface area contributed by atoms with E-state index in [0.717, 1.165) is 24.1 Å². The number of likely N-dealkylation sites (N-methyl/N-ethyl adjacent to an activating group) is 1. The summed E-state index contributed by atoms with van der Waals surface area (Å²) in [6.07, 6.45) is 2.92. The first-order chi connectivity index (χ1) is 20.5. The first-order valence-electron chi connectivity index (χ1n) is 14.0. The van der Waals surface area contributed by atoms with Gasteiger partial charge in [0.25, 0.3) is 0 Å². The molecule has 3 atom stereocenters. The van der Waals surface area contributed by atoms with Crippen molar-refractivity contribution in [2.24, 2.45) is 11.8 Å². The van der Waals surface area contributed by atoms with Crippen molar-refractivity contribution in [2.75, 3.05) is 25.5 Å². The van der Waals surface area contributed by atoms with E-state index in [4.69, 9.17) is 14.2 Å². The van der Waals surface area contributed by atoms with Gasteiger partial charge in [0.05, 0.1) is 35.4 Å². The lowest BCUT2D eigenvalue weighted by atomic mass is 9.94. The standard InChI is InChI=1S/C30H28F2N6O4S/c1-30(2,3)42-29(39)37-27-15(6-33)22-25(34-8-19(31)26(22)43-27)21-18-11-40-10-17(18)16-7-35-28(36-24(16)23(21)32)41-12-20-14-5-13(14)9-38(20)4/h7-8,13-14,20H,5,9-12H2,1-4H3,(H,37,39)/t13-,14-,20-/m1/s1. The van der Waals surface area contributed by atoms with Crippen LogP contribution in [-0.4, -0.2) is 57.8 Å². The number of anilines is 1. The fourth-order valence-corrected chi connectivity index (χ4v) is 7.30. The number of carbonyl (C=O) groups is 1. The van der Waals surface area contributed by atoms with Gasteiger partial charge in [-0.15, -0.1) is 11.3 Å². The molecule has 10 nitrogen and oxygen atoms in total. The molecule has 1 aromatic carbocycles. The molecule has 0 unspecified atom stereocenters. The smallest absolute Gasteiger partial charge is 0.412 e. The van der Waals surface area contributed by atoms with Gasteiger partial charge < -0.3 is 14.2 Å². The molecular formula is C30H28F2N6O4S. The van der Waals surface area contributed by atoms with Gasteiger partial charge in [-0.05, 0) is 57.2 Å². The van der Waals surface area contributed by atoms with Crippen LogP contribution in [0.3, 0.4) is 0 Å². The van der Waals surface area contributed by atoms with E-state index in [1.807, 2.05) is 6.07 Å². The molecule has 222 valence electrons. The van der Waals surface area contributed by atoms with Gasteiger partial charge in [0.15, 0.2) is 11.6 Å². The Morgan fingerprint density at radius 1 is 1.26 bits per heavy atom. The number of thiophene rings is 1. The Labute approximate surface area is 249 Å². The van der Waals surface area contributed by atoms with Crippen LogP contribution >= 0.6 is 11.3 Å². The second-order valence-corrected chi connectivity index (χ2v) is 13.3. The normalized spacial score (nSPS) is 21.1. The number of hydrogen-bond acceptors (Lipinski definition) is 10. The van der Waals surface area contributed by atoms with Crippen molar-refractivity contribution in [3.63, 3.8) is 0 Å². The molecule has 5 heterocycles. The third-order valence-electron chi connectivity index (χ3n) is 8.25. The van der Waals surface area contributed by atoms with Crippen LogP contribution in [-0.2, 0) is 22.7 Å². The number of hydrogen-bond donors (Lipinski definition) is 1. The highest BCUT2D eigenvalue weighted by Crippen LogP contribution is 2.49. The number of benzene rings is 1. The average Bonchev–Trinajstić information content (AvgIpc) is 3.25. The number of carbonyl (C=O) groups excluding carboxylic acids is 1. The summed E-state index contributed by atoms with van der Waals surface area (Å²) in [5.41, 5.74) is 0.499. The van der Waals surface area contributed by atoms with Crippen LogP contribution < -0.4 is 10.1 Å². The molecule has 3 aliphatic rings. The van der Waals surface area contributed by atoms with Crippen molar-refractivity contribution in [3.05, 3.63) is 40.7 Å². The fraction of sp³-hybridized carbons (Fsp3) is 0.433. The van der Waals surface area contributed by atoms with Gasteiger partial charge in [-0.1, -0.05) is 0 Å². The number of likely N-dealkylation sites (tertiary alicyclic amines) is 1. The average molecular weight is 607 g/mol. The summed E-state index contributed by atoms with van der Waals surface area (Å²) in [5, 5.41) is 13.3. The number of fused-ring (bicyclic) bond motifs is 5. The molecule has 2 aliphatic heterocycles. The Morgan fingerprint density at radius 2 is 2.05 bits per heavy atom. The lowest BCUT2D eigenvalue weighted by Gasteiger charge is -2.22. The van der Waals surface area contributed by atoms with Crippen molar-refractivity contribution in [1.29, 1.82) is 5.26 Å². The van der Waals surface area contributed by atoms with Crippen LogP contribution in [0, 0.1) is 34.8 Å². The van der Waals surface area contributed by atoms with Crippen molar-refractivity contribution in [1.82, 2.24) is 19.9 Å². The van der Waals surface area contributed by atoms with Crippen LogP contribution in [0.5, 0.6) is 6.01 Å². The maximum absolute atomic E-state index is 16.6. The lowest BCUT2D eigenvalue weighted by molar-refractivity contribution is 0.0636. The number of pyridine rings is 1. The number of amides is 1. The minimum absolute atomic E-state index is 0.0217. The molecule has 3 aromatic heterocycles. The molecule has 1 N–H and O–H groups in total. The van der Waals surface area contributed by atoms with Gasteiger partial charge in [0, 0.05) is 35.1 Å². The molecule has 0 bridgehead atoms. The molecule has 1 saturated carbocycles. The summed E-state index contributed by atoms with van der Waals surface area (Å²) >= 11 is 0.853. The number of piperidine rings is 1. The Bertz CT molecular complexity index is 1860. The molecule has 43 heavy (non-hydrogen) atoms. The monoisotopic (exact) mass is 606 g/mol. The number of nitrogens with one attached hydrogen (secondary N) is 1. The van der Waals surface area contributed by atoms with E-state index in [2.05, 4.69) is 32.2 Å². The van der Waals surface area contributed by atoms with Crippen molar-refractivity contribution < 1.29 is 27.8 Å². The zero-order chi connectivity index (χ0) is 30.2. The van der Waals surface area contributed by atoms with E-state index < -0.39 is 23.3 Å². The maximum Gasteiger partial charge on any atom is 0.412 e. The third kappa shape index (κ3) is 4.74. The molecule has 4 aromatic rings. The van der Waals surface area contributed by atoms with Crippen molar-refractivity contribution >= 4 is 43.4 Å². The molecule has 1 aliphatic carbocycles. The van der Waals surface area contributed by atoms with E-state index in [1.54, 1.807) is 20.8 Å². The van der Waals surface area contributed by atoms with E-state index in [-0.39, 0.29) is 62.7 Å². The minimum atomic E-state index is -0.804. The summed E-state index contributed by atoms with van der Waals surface area (Å²) in [7, 11) is 2.07. The molecule has 0 spiro atoms. The van der Waals surface area contributed by atoms with Gasteiger partial charge in [-0.3, -0.25) is 15.2 Å². The number of nitrogens with zero attached hydrogens (tertiary/aromatic N) is 5. The Morgan fingerprint density at radius 3 is 2.77 bits per heavy atom. The Kier molecular flexibility index (Phi) is 6.50. The molecule has 1 saturated heterocycles. The molecule has 0 radical (unpaired) electrons. The summed E-state index contributed by atoms with van der Waals surface area (Å²) < 4.78 is 48.8. The van der Waals surface area contributed by atoms with Crippen LogP contribution in [0.2, 0.25) is 0 Å². The second kappa shape index (κ2) is 10.0. The van der Waals surface area contributed by atoms with Crippen LogP contribution in [0.25, 0.3) is 32.2 Å². The first kappa shape index (κ1) is 27.8. The Hall–Kier alpha value is -3.99. The van der Waals surface area contributed by atoms with Crippen molar-refractivity contribution in [3.8, 4) is 23.3 Å². The van der Waals surface area contributed by atoms with Gasteiger partial charge in [0.1, 0.15) is 28.8 Å². The van der Waals surface area contributed by atoms with E-state index in [0.29, 0.717) is 35.0 Å². The number of aromatic nitrogens is 3. The van der Waals surface area contributed by atoms with E-state index in [9.17, 15) is 10.1 Å². The Balaban J connectivity index is 1.34. The highest BCUT2D eigenvalue weighted by atomic mass is 32.1. The van der Waals surface area contributed by atoms with E-state index >= 15 is 8.78 Å². The maximum atomic E-state index is 16.6. The van der Waals surface area contributed by atoms with Gasteiger partial charge in [-0.2, -0.15) is 10.2 Å². The van der Waals surface area contributed by atoms with Crippen LogP contribution in [0.1, 0.15) is 43.9 Å². The van der Waals surface area contributed by atoms with Gasteiger partial charge in [0.2, 0.25) is 0 Å². The molecule has 7 rings (SSSR count). The van der Waals surface area contributed by atoms with Crippen molar-refractivity contribution in [2.45, 2.75) is 52.0 Å². The van der Waals surface area contributed by atoms with Gasteiger partial charge in [-0.25, -0.2) is 18.6 Å². The SMILES string of the molecule is CN1C[C@H]2C[C@H]2[C@H]1COc1ncc2c3c(c(-c4ncc(F)c5sc(NC(=O)OC(C)(C)C)c(C#N)c45)c(F)c2n1)COC3. The van der Waals surface area contributed by atoms with Gasteiger partial charge >= 0.3 is 12.1 Å². The minimum Gasteiger partial charge on any atom is -0.462 e.